The molecule has 5 nitrogen and oxygen atoms in total. The van der Waals surface area contributed by atoms with E-state index in [2.05, 4.69) is 11.9 Å². The van der Waals surface area contributed by atoms with Crippen molar-refractivity contribution in [2.75, 3.05) is 0 Å². The van der Waals surface area contributed by atoms with E-state index in [1.165, 1.54) is 12.1 Å². The topological polar surface area (TPSA) is 73.3 Å². The summed E-state index contributed by atoms with van der Waals surface area (Å²) in [5.41, 5.74) is 1.89. The van der Waals surface area contributed by atoms with Gasteiger partial charge >= 0.3 is 10.1 Å². The zero-order chi connectivity index (χ0) is 20.3. The molecule has 1 aromatic heterocycles. The van der Waals surface area contributed by atoms with E-state index in [-0.39, 0.29) is 28.0 Å². The highest BCUT2D eigenvalue weighted by Crippen LogP contribution is 2.33. The van der Waals surface area contributed by atoms with Crippen LogP contribution >= 0.6 is 0 Å². The lowest BCUT2D eigenvalue weighted by atomic mass is 9.79. The van der Waals surface area contributed by atoms with Crippen LogP contribution in [-0.2, 0) is 16.5 Å². The summed E-state index contributed by atoms with van der Waals surface area (Å²) in [6.45, 7) is 5.95. The number of carbonyl (C=O) groups is 1. The van der Waals surface area contributed by atoms with E-state index in [4.69, 9.17) is 4.18 Å². The summed E-state index contributed by atoms with van der Waals surface area (Å²) in [5.74, 6) is 0.202. The molecule has 2 unspecified atom stereocenters. The Hall–Kier alpha value is -2.21. The summed E-state index contributed by atoms with van der Waals surface area (Å²) in [4.78, 5) is 17.5. The van der Waals surface area contributed by atoms with Crippen molar-refractivity contribution in [1.82, 2.24) is 4.98 Å². The number of aryl methyl sites for hydroxylation is 2. The van der Waals surface area contributed by atoms with Crippen molar-refractivity contribution in [2.45, 2.75) is 57.8 Å². The van der Waals surface area contributed by atoms with E-state index < -0.39 is 10.1 Å². The molecule has 28 heavy (non-hydrogen) atoms. The van der Waals surface area contributed by atoms with Crippen molar-refractivity contribution in [3.63, 3.8) is 0 Å². The first kappa shape index (κ1) is 20.5. The Balaban J connectivity index is 1.95. The number of benzene rings is 1. The molecule has 0 saturated heterocycles. The third-order valence-electron chi connectivity index (χ3n) is 5.35. The summed E-state index contributed by atoms with van der Waals surface area (Å²) >= 11 is 0. The fraction of sp³-hybridized carbons (Fsp3) is 0.455. The van der Waals surface area contributed by atoms with Crippen LogP contribution in [0, 0.1) is 18.8 Å². The molecular weight excluding hydrogens is 374 g/mol. The Morgan fingerprint density at radius 2 is 1.86 bits per heavy atom. The number of rotatable bonds is 6. The fourth-order valence-corrected chi connectivity index (χ4v) is 4.58. The first-order chi connectivity index (χ1) is 13.3. The van der Waals surface area contributed by atoms with Gasteiger partial charge in [-0.3, -0.25) is 4.79 Å². The van der Waals surface area contributed by atoms with Crippen LogP contribution in [0.3, 0.4) is 0 Å². The number of hydrogen-bond acceptors (Lipinski definition) is 5. The van der Waals surface area contributed by atoms with Crippen LogP contribution in [0.25, 0.3) is 0 Å². The zero-order valence-electron chi connectivity index (χ0n) is 16.6. The molecule has 0 bridgehead atoms. The molecule has 1 fully saturated rings. The van der Waals surface area contributed by atoms with E-state index in [0.29, 0.717) is 18.0 Å². The number of nitrogens with zero attached hydrogens (tertiary/aromatic N) is 1. The molecule has 0 aliphatic heterocycles. The SMILES string of the molecule is CCc1ccc(C(=O)C2CCCC(C)C2)c(OS(=O)(=O)c2ccc(C)cc2)n1. The van der Waals surface area contributed by atoms with Gasteiger partial charge in [-0.05, 0) is 56.4 Å². The molecule has 0 radical (unpaired) electrons. The lowest BCUT2D eigenvalue weighted by Crippen LogP contribution is -2.23. The lowest BCUT2D eigenvalue weighted by Gasteiger charge is -2.26. The van der Waals surface area contributed by atoms with Gasteiger partial charge in [0.25, 0.3) is 0 Å². The maximum absolute atomic E-state index is 13.1. The lowest BCUT2D eigenvalue weighted by molar-refractivity contribution is 0.0866. The highest BCUT2D eigenvalue weighted by Gasteiger charge is 2.30. The van der Waals surface area contributed by atoms with Gasteiger partial charge in [0.1, 0.15) is 4.90 Å². The molecule has 0 spiro atoms. The minimum Gasteiger partial charge on any atom is -0.357 e. The largest absolute Gasteiger partial charge is 0.357 e. The molecular formula is C22H27NO4S. The number of carbonyl (C=O) groups excluding carboxylic acids is 1. The molecule has 1 saturated carbocycles. The van der Waals surface area contributed by atoms with Crippen molar-refractivity contribution in [2.24, 2.45) is 11.8 Å². The molecule has 1 aliphatic rings. The molecule has 6 heteroatoms. The number of hydrogen-bond donors (Lipinski definition) is 0. The van der Waals surface area contributed by atoms with Crippen LogP contribution in [-0.4, -0.2) is 19.2 Å². The van der Waals surface area contributed by atoms with Gasteiger partial charge in [0.15, 0.2) is 5.78 Å². The molecule has 1 aliphatic carbocycles. The molecule has 0 N–H and O–H groups in total. The molecule has 150 valence electrons. The third kappa shape index (κ3) is 4.61. The van der Waals surface area contributed by atoms with Crippen molar-refractivity contribution in [3.8, 4) is 5.88 Å². The maximum atomic E-state index is 13.1. The Bertz CT molecular complexity index is 951. The predicted molar refractivity (Wildman–Crippen MR) is 108 cm³/mol. The van der Waals surface area contributed by atoms with Crippen LogP contribution in [0.1, 0.15) is 61.1 Å². The summed E-state index contributed by atoms with van der Waals surface area (Å²) in [6, 6.07) is 9.85. The zero-order valence-corrected chi connectivity index (χ0v) is 17.5. The molecule has 1 heterocycles. The average molecular weight is 402 g/mol. The van der Waals surface area contributed by atoms with E-state index in [1.54, 1.807) is 24.3 Å². The van der Waals surface area contributed by atoms with Crippen LogP contribution < -0.4 is 4.18 Å². The van der Waals surface area contributed by atoms with Crippen molar-refractivity contribution >= 4 is 15.9 Å². The van der Waals surface area contributed by atoms with E-state index in [1.807, 2.05) is 13.8 Å². The number of Topliss-reactive ketones (excluding diaryl/α,β-unsaturated/α-hetero) is 1. The van der Waals surface area contributed by atoms with Gasteiger partial charge < -0.3 is 4.18 Å². The van der Waals surface area contributed by atoms with Gasteiger partial charge in [-0.25, -0.2) is 4.98 Å². The predicted octanol–water partition coefficient (Wildman–Crippen LogP) is 4.73. The van der Waals surface area contributed by atoms with Gasteiger partial charge in [-0.15, -0.1) is 0 Å². The van der Waals surface area contributed by atoms with Gasteiger partial charge in [-0.1, -0.05) is 44.4 Å². The summed E-state index contributed by atoms with van der Waals surface area (Å²) in [7, 11) is -4.07. The average Bonchev–Trinajstić information content (AvgIpc) is 2.67. The number of ketones is 1. The molecule has 3 rings (SSSR count). The Labute approximate surface area is 167 Å². The monoisotopic (exact) mass is 401 g/mol. The summed E-state index contributed by atoms with van der Waals surface area (Å²) < 4.78 is 30.9. The Morgan fingerprint density at radius 1 is 1.14 bits per heavy atom. The van der Waals surface area contributed by atoms with Crippen LogP contribution in [0.4, 0.5) is 0 Å². The minimum atomic E-state index is -4.07. The first-order valence-corrected chi connectivity index (χ1v) is 11.3. The fourth-order valence-electron chi connectivity index (χ4n) is 3.68. The van der Waals surface area contributed by atoms with E-state index >= 15 is 0 Å². The highest BCUT2D eigenvalue weighted by molar-refractivity contribution is 7.87. The second-order valence-corrected chi connectivity index (χ2v) is 9.24. The number of pyridine rings is 1. The normalized spacial score (nSPS) is 20.0. The summed E-state index contributed by atoms with van der Waals surface area (Å²) in [6.07, 6.45) is 4.40. The Morgan fingerprint density at radius 3 is 2.50 bits per heavy atom. The maximum Gasteiger partial charge on any atom is 0.340 e. The number of aromatic nitrogens is 1. The standard InChI is InChI=1S/C22H27NO4S/c1-4-18-10-13-20(21(24)17-7-5-6-16(3)14-17)22(23-18)27-28(25,26)19-11-8-15(2)9-12-19/h8-13,16-17H,4-7,14H2,1-3H3. The van der Waals surface area contributed by atoms with Gasteiger partial charge in [-0.2, -0.15) is 8.42 Å². The van der Waals surface area contributed by atoms with E-state index in [0.717, 1.165) is 31.2 Å². The quantitative estimate of drug-likeness (QED) is 0.517. The second kappa shape index (κ2) is 8.43. The molecule has 0 amide bonds. The first-order valence-electron chi connectivity index (χ1n) is 9.85. The van der Waals surface area contributed by atoms with Crippen LogP contribution in [0.2, 0.25) is 0 Å². The Kier molecular flexibility index (Phi) is 6.18. The molecule has 2 aromatic rings. The van der Waals surface area contributed by atoms with Crippen LogP contribution in [0.15, 0.2) is 41.3 Å². The highest BCUT2D eigenvalue weighted by atomic mass is 32.2. The third-order valence-corrected chi connectivity index (χ3v) is 6.58. The molecule has 2 atom stereocenters. The minimum absolute atomic E-state index is 0.0477. The second-order valence-electron chi connectivity index (χ2n) is 7.69. The van der Waals surface area contributed by atoms with Gasteiger partial charge in [0, 0.05) is 11.6 Å². The van der Waals surface area contributed by atoms with Crippen molar-refractivity contribution < 1.29 is 17.4 Å². The molecule has 1 aromatic carbocycles. The van der Waals surface area contributed by atoms with Gasteiger partial charge in [0.2, 0.25) is 5.88 Å². The van der Waals surface area contributed by atoms with Gasteiger partial charge in [0.05, 0.1) is 5.56 Å². The van der Waals surface area contributed by atoms with Crippen molar-refractivity contribution in [3.05, 3.63) is 53.2 Å². The van der Waals surface area contributed by atoms with Crippen molar-refractivity contribution in [1.29, 1.82) is 0 Å². The van der Waals surface area contributed by atoms with E-state index in [9.17, 15) is 13.2 Å². The summed E-state index contributed by atoms with van der Waals surface area (Å²) in [5, 5.41) is 0. The van der Waals surface area contributed by atoms with Crippen LogP contribution in [0.5, 0.6) is 5.88 Å². The smallest absolute Gasteiger partial charge is 0.340 e.